The van der Waals surface area contributed by atoms with Gasteiger partial charge in [0.1, 0.15) is 5.82 Å². The highest BCUT2D eigenvalue weighted by atomic mass is 19.1. The standard InChI is InChI=1S/C19H23FN2O3/c1-12-16(18(23)25-11-13-7-3-2-4-8-13)17(22-19(24)21-12)14-9-5-6-10-15(14)20/h5-6,9-10,13,17H,2-4,7-8,11H2,1H3,(H2,21,22,24)/t17-/m0/s1. The van der Waals surface area contributed by atoms with Gasteiger partial charge in [-0.2, -0.15) is 0 Å². The molecule has 0 saturated heterocycles. The first kappa shape index (κ1) is 17.5. The Labute approximate surface area is 146 Å². The number of esters is 1. The Bertz CT molecular complexity index is 696. The molecule has 2 aliphatic rings. The van der Waals surface area contributed by atoms with Gasteiger partial charge in [0.15, 0.2) is 0 Å². The Hall–Kier alpha value is -2.37. The number of nitrogens with one attached hydrogen (secondary N) is 2. The lowest BCUT2D eigenvalue weighted by Crippen LogP contribution is -2.45. The van der Waals surface area contributed by atoms with Crippen molar-refractivity contribution in [3.63, 3.8) is 0 Å². The number of rotatable bonds is 4. The summed E-state index contributed by atoms with van der Waals surface area (Å²) in [6.07, 6.45) is 5.70. The first-order valence-corrected chi connectivity index (χ1v) is 8.76. The summed E-state index contributed by atoms with van der Waals surface area (Å²) in [5.41, 5.74) is 0.896. The number of ether oxygens (including phenoxy) is 1. The molecule has 1 atom stereocenters. The van der Waals surface area contributed by atoms with Crippen molar-refractivity contribution in [1.82, 2.24) is 10.6 Å². The summed E-state index contributed by atoms with van der Waals surface area (Å²) in [5.74, 6) is -0.597. The van der Waals surface area contributed by atoms with Gasteiger partial charge < -0.3 is 15.4 Å². The van der Waals surface area contributed by atoms with E-state index in [-0.39, 0.29) is 11.1 Å². The number of carbonyl (C=O) groups is 2. The molecule has 2 amide bonds. The maximum atomic E-state index is 14.2. The van der Waals surface area contributed by atoms with Crippen LogP contribution >= 0.6 is 0 Å². The van der Waals surface area contributed by atoms with E-state index in [1.54, 1.807) is 25.1 Å². The number of benzene rings is 1. The van der Waals surface area contributed by atoms with Crippen molar-refractivity contribution in [1.29, 1.82) is 0 Å². The summed E-state index contributed by atoms with van der Waals surface area (Å²) in [7, 11) is 0. The van der Waals surface area contributed by atoms with E-state index in [1.165, 1.54) is 25.3 Å². The molecule has 6 heteroatoms. The molecule has 134 valence electrons. The van der Waals surface area contributed by atoms with Crippen LogP contribution in [0.3, 0.4) is 0 Å². The summed E-state index contributed by atoms with van der Waals surface area (Å²) >= 11 is 0. The summed E-state index contributed by atoms with van der Waals surface area (Å²) in [5, 5.41) is 5.20. The van der Waals surface area contributed by atoms with E-state index in [4.69, 9.17) is 4.74 Å². The van der Waals surface area contributed by atoms with Crippen molar-refractivity contribution in [3.05, 3.63) is 46.9 Å². The zero-order valence-corrected chi connectivity index (χ0v) is 14.3. The van der Waals surface area contributed by atoms with Gasteiger partial charge in [-0.25, -0.2) is 14.0 Å². The van der Waals surface area contributed by atoms with Crippen molar-refractivity contribution < 1.29 is 18.7 Å². The first-order chi connectivity index (χ1) is 12.1. The van der Waals surface area contributed by atoms with E-state index in [0.29, 0.717) is 18.2 Å². The van der Waals surface area contributed by atoms with E-state index >= 15 is 0 Å². The minimum Gasteiger partial charge on any atom is -0.462 e. The molecule has 1 aliphatic carbocycles. The summed E-state index contributed by atoms with van der Waals surface area (Å²) < 4.78 is 19.7. The van der Waals surface area contributed by atoms with Gasteiger partial charge in [0.25, 0.3) is 0 Å². The summed E-state index contributed by atoms with van der Waals surface area (Å²) in [4.78, 5) is 24.5. The van der Waals surface area contributed by atoms with Crippen molar-refractivity contribution in [3.8, 4) is 0 Å². The van der Waals surface area contributed by atoms with Crippen LogP contribution in [0.5, 0.6) is 0 Å². The number of carbonyl (C=O) groups excluding carboxylic acids is 2. The van der Waals surface area contributed by atoms with Crippen LogP contribution < -0.4 is 10.6 Å². The molecule has 1 fully saturated rings. The van der Waals surface area contributed by atoms with E-state index in [1.807, 2.05) is 0 Å². The molecule has 1 aliphatic heterocycles. The van der Waals surface area contributed by atoms with Crippen LogP contribution in [0.15, 0.2) is 35.5 Å². The summed E-state index contributed by atoms with van der Waals surface area (Å²) in [6, 6.07) is 4.80. The number of hydrogen-bond acceptors (Lipinski definition) is 3. The highest BCUT2D eigenvalue weighted by molar-refractivity contribution is 5.95. The topological polar surface area (TPSA) is 67.4 Å². The average Bonchev–Trinajstić information content (AvgIpc) is 2.60. The fraction of sp³-hybridized carbons (Fsp3) is 0.474. The number of halogens is 1. The van der Waals surface area contributed by atoms with Gasteiger partial charge in [0, 0.05) is 11.3 Å². The molecule has 1 aromatic carbocycles. The Morgan fingerprint density at radius 2 is 1.96 bits per heavy atom. The van der Waals surface area contributed by atoms with Gasteiger partial charge in [-0.15, -0.1) is 0 Å². The van der Waals surface area contributed by atoms with Crippen LogP contribution in [0.25, 0.3) is 0 Å². The fourth-order valence-corrected chi connectivity index (χ4v) is 3.53. The molecule has 1 heterocycles. The van der Waals surface area contributed by atoms with Crippen LogP contribution in [0.1, 0.15) is 50.6 Å². The molecule has 0 spiro atoms. The van der Waals surface area contributed by atoms with Crippen LogP contribution in [0.4, 0.5) is 9.18 Å². The summed E-state index contributed by atoms with van der Waals surface area (Å²) in [6.45, 7) is 2.00. The van der Waals surface area contributed by atoms with Gasteiger partial charge in [-0.3, -0.25) is 0 Å². The minimum atomic E-state index is -0.853. The van der Waals surface area contributed by atoms with E-state index in [0.717, 1.165) is 12.8 Å². The normalized spacial score (nSPS) is 21.5. The highest BCUT2D eigenvalue weighted by Crippen LogP contribution is 2.30. The van der Waals surface area contributed by atoms with E-state index in [9.17, 15) is 14.0 Å². The number of allylic oxidation sites excluding steroid dienone is 1. The maximum absolute atomic E-state index is 14.2. The van der Waals surface area contributed by atoms with Gasteiger partial charge in [0.2, 0.25) is 0 Å². The molecule has 0 radical (unpaired) electrons. The van der Waals surface area contributed by atoms with Gasteiger partial charge in [0.05, 0.1) is 18.2 Å². The molecular formula is C19H23FN2O3. The first-order valence-electron chi connectivity index (χ1n) is 8.76. The second-order valence-corrected chi connectivity index (χ2v) is 6.69. The molecule has 0 aromatic heterocycles. The molecule has 5 nitrogen and oxygen atoms in total. The van der Waals surface area contributed by atoms with Crippen molar-refractivity contribution in [2.75, 3.05) is 6.61 Å². The lowest BCUT2D eigenvalue weighted by atomic mass is 9.90. The van der Waals surface area contributed by atoms with Crippen molar-refractivity contribution >= 4 is 12.0 Å². The second kappa shape index (κ2) is 7.68. The van der Waals surface area contributed by atoms with Gasteiger partial charge in [-0.05, 0) is 31.7 Å². The Morgan fingerprint density at radius 1 is 1.24 bits per heavy atom. The molecule has 3 rings (SSSR count). The molecule has 0 bridgehead atoms. The van der Waals surface area contributed by atoms with E-state index in [2.05, 4.69) is 10.6 Å². The molecule has 1 aromatic rings. The Balaban J connectivity index is 1.79. The molecule has 25 heavy (non-hydrogen) atoms. The van der Waals surface area contributed by atoms with Gasteiger partial charge in [-0.1, -0.05) is 37.5 Å². The second-order valence-electron chi connectivity index (χ2n) is 6.69. The van der Waals surface area contributed by atoms with Crippen molar-refractivity contribution in [2.45, 2.75) is 45.1 Å². The Kier molecular flexibility index (Phi) is 5.36. The molecule has 1 saturated carbocycles. The number of hydrogen-bond donors (Lipinski definition) is 2. The van der Waals surface area contributed by atoms with Crippen molar-refractivity contribution in [2.24, 2.45) is 5.92 Å². The third-order valence-corrected chi connectivity index (χ3v) is 4.88. The molecule has 2 N–H and O–H groups in total. The lowest BCUT2D eigenvalue weighted by molar-refractivity contribution is -0.141. The fourth-order valence-electron chi connectivity index (χ4n) is 3.53. The largest absolute Gasteiger partial charge is 0.462 e. The van der Waals surface area contributed by atoms with Crippen LogP contribution in [-0.4, -0.2) is 18.6 Å². The van der Waals surface area contributed by atoms with Crippen LogP contribution in [0, 0.1) is 11.7 Å². The Morgan fingerprint density at radius 3 is 2.68 bits per heavy atom. The average molecular weight is 346 g/mol. The third-order valence-electron chi connectivity index (χ3n) is 4.88. The van der Waals surface area contributed by atoms with Gasteiger partial charge >= 0.3 is 12.0 Å². The minimum absolute atomic E-state index is 0.250. The molecular weight excluding hydrogens is 323 g/mol. The van der Waals surface area contributed by atoms with E-state index < -0.39 is 23.9 Å². The third kappa shape index (κ3) is 4.00. The van der Waals surface area contributed by atoms with Crippen LogP contribution in [-0.2, 0) is 9.53 Å². The quantitative estimate of drug-likeness (QED) is 0.819. The molecule has 0 unspecified atom stereocenters. The zero-order valence-electron chi connectivity index (χ0n) is 14.3. The number of amides is 2. The highest BCUT2D eigenvalue weighted by Gasteiger charge is 2.34. The predicted molar refractivity (Wildman–Crippen MR) is 91.0 cm³/mol. The zero-order chi connectivity index (χ0) is 17.8. The lowest BCUT2D eigenvalue weighted by Gasteiger charge is -2.29. The monoisotopic (exact) mass is 346 g/mol. The maximum Gasteiger partial charge on any atom is 0.338 e. The number of urea groups is 1. The SMILES string of the molecule is CC1=C(C(=O)OCC2CCCCC2)[C@H](c2ccccc2F)NC(=O)N1. The predicted octanol–water partition coefficient (Wildman–Crippen LogP) is 3.58. The smallest absolute Gasteiger partial charge is 0.338 e. The van der Waals surface area contributed by atoms with Crippen LogP contribution in [0.2, 0.25) is 0 Å².